The molecule has 0 radical (unpaired) electrons. The van der Waals surface area contributed by atoms with Crippen molar-refractivity contribution in [3.8, 4) is 0 Å². The summed E-state index contributed by atoms with van der Waals surface area (Å²) in [6.45, 7) is 6.43. The van der Waals surface area contributed by atoms with E-state index < -0.39 is 9.50 Å². The number of amides is 1. The molecule has 1 rings (SSSR count). The maximum Gasteiger partial charge on any atom is 0.410 e. The zero-order chi connectivity index (χ0) is 10.3. The number of rotatable bonds is 0. The third-order valence-corrected chi connectivity index (χ3v) is 2.06. The van der Waals surface area contributed by atoms with Crippen LogP contribution in [0.5, 0.6) is 0 Å². The highest BCUT2D eigenvalue weighted by Gasteiger charge is 2.31. The zero-order valence-corrected chi connectivity index (χ0v) is 9.71. The molecule has 0 N–H and O–H groups in total. The predicted octanol–water partition coefficient (Wildman–Crippen LogP) is 2.04. The quantitative estimate of drug-likeness (QED) is 0.503. The molecule has 4 heteroatoms. The van der Waals surface area contributed by atoms with Crippen LogP contribution in [-0.4, -0.2) is 33.6 Å². The van der Waals surface area contributed by atoms with Crippen LogP contribution in [0.1, 0.15) is 22.1 Å². The lowest BCUT2D eigenvalue weighted by atomic mass is 10.2. The Labute approximate surface area is 88.0 Å². The fourth-order valence-corrected chi connectivity index (χ4v) is 1.65. The third-order valence-electron chi connectivity index (χ3n) is 1.38. The number of hydrogen-bond acceptors (Lipinski definition) is 2. The number of likely N-dealkylation sites (tertiary alicyclic amines) is 1. The Balaban J connectivity index is 2.36. The molecule has 1 amide bonds. The van der Waals surface area contributed by atoms with Crippen LogP contribution in [0.25, 0.3) is 0 Å². The molecule has 0 atom stereocenters. The Morgan fingerprint density at radius 3 is 2.50 bits per heavy atom. The van der Waals surface area contributed by atoms with Crippen molar-refractivity contribution in [3.05, 3.63) is 0 Å². The van der Waals surface area contributed by atoms with E-state index in [0.29, 0.717) is 13.1 Å². The van der Waals surface area contributed by atoms with Crippen molar-refractivity contribution in [2.75, 3.05) is 13.1 Å². The van der Waals surface area contributed by atoms with Gasteiger partial charge in [0.15, 0.2) is 0 Å². The molecule has 0 bridgehead atoms. The summed E-state index contributed by atoms with van der Waals surface area (Å²) in [5.74, 6) is 0. The Morgan fingerprint density at radius 2 is 2.17 bits per heavy atom. The number of hydrogen-bond donors (Lipinski definition) is 0. The Morgan fingerprint density at radius 1 is 1.67 bits per heavy atom. The van der Waals surface area contributed by atoms with Crippen LogP contribution in [0.3, 0.4) is 0 Å². The lowest BCUT2D eigenvalue weighted by molar-refractivity contribution is 0.0153. The van der Waals surface area contributed by atoms with E-state index in [2.05, 4.69) is 0 Å². The first-order valence-electron chi connectivity index (χ1n) is 4.36. The Hall–Kier alpha value is 0. The predicted molar refractivity (Wildman–Crippen MR) is 55.6 cm³/mol. The van der Waals surface area contributed by atoms with E-state index in [9.17, 15) is 4.79 Å². The Kier molecular flexibility index (Phi) is 2.43. The summed E-state index contributed by atoms with van der Waals surface area (Å²) in [6, 6.07) is 0. The van der Waals surface area contributed by atoms with Crippen molar-refractivity contribution >= 4 is 28.7 Å². The van der Waals surface area contributed by atoms with Gasteiger partial charge in [-0.15, -0.1) is 0 Å². The molecule has 0 aliphatic carbocycles. The van der Waals surface area contributed by atoms with Crippen molar-refractivity contribution in [3.63, 3.8) is 0 Å². The molecule has 1 saturated heterocycles. The second-order valence-electron chi connectivity index (χ2n) is 3.85. The number of carbonyl (C=O) groups excluding carboxylic acids is 1. The summed E-state index contributed by atoms with van der Waals surface area (Å²) >= 11 is 2.03. The topological polar surface area (TPSA) is 29.5 Å². The molecule has 1 fully saturated rings. The van der Waals surface area contributed by atoms with Gasteiger partial charge in [-0.2, -0.15) is 0 Å². The van der Waals surface area contributed by atoms with E-state index in [4.69, 9.17) is 6.11 Å². The molecule has 3 nitrogen and oxygen atoms in total. The van der Waals surface area contributed by atoms with E-state index in [1.54, 1.807) is 4.90 Å². The van der Waals surface area contributed by atoms with Gasteiger partial charge in [0.05, 0.1) is 0 Å². The van der Waals surface area contributed by atoms with Gasteiger partial charge in [-0.3, -0.25) is 0 Å². The van der Waals surface area contributed by atoms with Gasteiger partial charge in [0.25, 0.3) is 0 Å². The minimum Gasteiger partial charge on any atom is -0.444 e. The van der Waals surface area contributed by atoms with E-state index in [0.717, 1.165) is 0 Å². The van der Waals surface area contributed by atoms with Crippen LogP contribution in [0.4, 0.5) is 4.79 Å². The maximum atomic E-state index is 11.3. The highest BCUT2D eigenvalue weighted by molar-refractivity contribution is 14.1. The second kappa shape index (κ2) is 3.40. The number of ether oxygens (including phenoxy) is 1. The van der Waals surface area contributed by atoms with Gasteiger partial charge < -0.3 is 9.64 Å². The molecule has 1 heterocycles. The molecule has 12 heavy (non-hydrogen) atoms. The van der Waals surface area contributed by atoms with Crippen molar-refractivity contribution in [1.82, 2.24) is 4.90 Å². The van der Waals surface area contributed by atoms with Crippen molar-refractivity contribution in [2.24, 2.45) is 0 Å². The molecule has 0 aromatic carbocycles. The molecule has 1 aliphatic heterocycles. The first kappa shape index (κ1) is 8.59. The van der Waals surface area contributed by atoms with E-state index in [1.165, 1.54) is 0 Å². The summed E-state index contributed by atoms with van der Waals surface area (Å²) < 4.78 is 12.2. The molecular weight excluding hydrogens is 269 g/mol. The summed E-state index contributed by atoms with van der Waals surface area (Å²) in [7, 11) is 0. The molecule has 0 aromatic rings. The number of halogens is 1. The van der Waals surface area contributed by atoms with Crippen molar-refractivity contribution in [1.29, 1.82) is 0 Å². The number of nitrogens with zero attached hydrogens (tertiary/aromatic N) is 1. The summed E-state index contributed by atoms with van der Waals surface area (Å²) in [6.07, 6.45) is -0.313. The molecule has 0 unspecified atom stereocenters. The fourth-order valence-electron chi connectivity index (χ4n) is 0.823. The average Bonchev–Trinajstić information content (AvgIpc) is 1.77. The summed E-state index contributed by atoms with van der Waals surface area (Å²) in [5.41, 5.74) is -0.442. The van der Waals surface area contributed by atoms with Crippen LogP contribution in [0, 0.1) is 0 Å². The van der Waals surface area contributed by atoms with Gasteiger partial charge in [-0.1, -0.05) is 22.6 Å². The number of alkyl halides is 1. The smallest absolute Gasteiger partial charge is 0.410 e. The van der Waals surface area contributed by atoms with Crippen molar-refractivity contribution in [2.45, 2.75) is 30.3 Å². The minimum absolute atomic E-state index is 0.313. The highest BCUT2D eigenvalue weighted by Crippen LogP contribution is 2.19. The monoisotopic (exact) mass is 284 g/mol. The van der Waals surface area contributed by atoms with Gasteiger partial charge in [-0.05, 0) is 20.8 Å². The summed E-state index contributed by atoms with van der Waals surface area (Å²) in [4.78, 5) is 12.9. The van der Waals surface area contributed by atoms with Gasteiger partial charge in [0.2, 0.25) is 0 Å². The molecule has 70 valence electrons. The molecule has 0 aromatic heterocycles. The van der Waals surface area contributed by atoms with Crippen LogP contribution in [0.15, 0.2) is 0 Å². The van der Waals surface area contributed by atoms with Gasteiger partial charge in [0.1, 0.15) is 5.60 Å². The molecule has 1 aliphatic rings. The maximum absolute atomic E-state index is 11.3. The molecule has 0 spiro atoms. The first-order valence-corrected chi connectivity index (χ1v) is 4.94. The fraction of sp³-hybridized carbons (Fsp3) is 0.875. The van der Waals surface area contributed by atoms with Crippen molar-refractivity contribution < 1.29 is 10.9 Å². The third kappa shape index (κ3) is 2.80. The SMILES string of the molecule is [2H]C1(I)CN(C(=O)OC(C)(C)C)C1. The van der Waals surface area contributed by atoms with Gasteiger partial charge in [0, 0.05) is 18.4 Å². The van der Waals surface area contributed by atoms with E-state index >= 15 is 0 Å². The Bertz CT molecular complexity index is 217. The zero-order valence-electron chi connectivity index (χ0n) is 8.56. The molecule has 0 saturated carbocycles. The highest BCUT2D eigenvalue weighted by atomic mass is 127. The first-order chi connectivity index (χ1) is 5.70. The second-order valence-corrected chi connectivity index (χ2v) is 5.38. The lowest BCUT2D eigenvalue weighted by Crippen LogP contribution is -2.52. The van der Waals surface area contributed by atoms with Gasteiger partial charge in [-0.25, -0.2) is 4.79 Å². The normalized spacial score (nSPS) is 22.7. The average molecular weight is 284 g/mol. The minimum atomic E-state index is -0.505. The van der Waals surface area contributed by atoms with Crippen LogP contribution < -0.4 is 0 Å². The van der Waals surface area contributed by atoms with Crippen LogP contribution >= 0.6 is 22.6 Å². The standard InChI is InChI=1S/C8H14INO2/c1-8(2,3)12-7(11)10-4-6(9)5-10/h6H,4-5H2,1-3H3/i6D. The number of carbonyl (C=O) groups is 1. The van der Waals surface area contributed by atoms with E-state index in [-0.39, 0.29) is 6.09 Å². The lowest BCUT2D eigenvalue weighted by Gasteiger charge is -2.36. The summed E-state index contributed by atoms with van der Waals surface area (Å²) in [5, 5.41) is 0. The van der Waals surface area contributed by atoms with E-state index in [1.807, 2.05) is 43.4 Å². The largest absolute Gasteiger partial charge is 0.444 e. The molecular formula is C8H14INO2. The van der Waals surface area contributed by atoms with Gasteiger partial charge >= 0.3 is 6.09 Å². The van der Waals surface area contributed by atoms with Crippen LogP contribution in [-0.2, 0) is 4.74 Å². The van der Waals surface area contributed by atoms with Crippen LogP contribution in [0.2, 0.25) is 0 Å².